The van der Waals surface area contributed by atoms with Crippen LogP contribution < -0.4 is 43.4 Å². The minimum atomic E-state index is -0.543. The van der Waals surface area contributed by atoms with Crippen molar-refractivity contribution >= 4 is 58.3 Å². The van der Waals surface area contributed by atoms with Crippen LogP contribution in [0, 0.1) is 0 Å². The van der Waals surface area contributed by atoms with Gasteiger partial charge in [0.05, 0.1) is 16.3 Å². The zero-order valence-corrected chi connectivity index (χ0v) is 23.7. The van der Waals surface area contributed by atoms with E-state index in [1.807, 2.05) is 9.80 Å². The molecule has 41 heavy (non-hydrogen) atoms. The molecular weight excluding hydrogens is 569 g/mol. The number of nitrogens with one attached hydrogen (secondary N) is 2. The molecule has 0 unspecified atom stereocenters. The Morgan fingerprint density at radius 2 is 1.39 bits per heavy atom. The molecule has 0 radical (unpaired) electrons. The number of nitrogens with zero attached hydrogens (tertiary/aromatic N) is 5. The predicted octanol–water partition coefficient (Wildman–Crippen LogP) is 1.61. The third-order valence-electron chi connectivity index (χ3n) is 6.89. The SMILES string of the molecule is N[C@@H]1C[C@H](N)CN(c2nc(Nc3ccc(C(=O)Nc4ccc(Cl)cc4Cl)c(O)c3)nc(N3C[C@H](N)C[C@H](N)C3)n2)C1. The Hall–Kier alpha value is -3.46. The molecule has 218 valence electrons. The van der Waals surface area contributed by atoms with Gasteiger partial charge < -0.3 is 48.5 Å². The molecule has 0 spiro atoms. The fraction of sp³-hybridized carbons (Fsp3) is 0.385. The highest BCUT2D eigenvalue weighted by Gasteiger charge is 2.29. The summed E-state index contributed by atoms with van der Waals surface area (Å²) < 4.78 is 0. The van der Waals surface area contributed by atoms with Crippen molar-refractivity contribution in [1.82, 2.24) is 15.0 Å². The van der Waals surface area contributed by atoms with E-state index in [9.17, 15) is 9.90 Å². The van der Waals surface area contributed by atoms with E-state index in [2.05, 4.69) is 20.6 Å². The number of rotatable bonds is 6. The zero-order chi connectivity index (χ0) is 29.3. The number of piperidine rings is 2. The minimum absolute atomic E-state index is 0.0474. The molecular formula is C26H33Cl2N11O2. The van der Waals surface area contributed by atoms with Gasteiger partial charge in [-0.15, -0.1) is 0 Å². The van der Waals surface area contributed by atoms with Gasteiger partial charge in [-0.2, -0.15) is 15.0 Å². The molecule has 0 aliphatic carbocycles. The highest BCUT2D eigenvalue weighted by atomic mass is 35.5. The number of carbonyl (C=O) groups is 1. The maximum absolute atomic E-state index is 12.8. The number of anilines is 5. The fourth-order valence-corrected chi connectivity index (χ4v) is 5.54. The van der Waals surface area contributed by atoms with E-state index in [1.165, 1.54) is 18.2 Å². The first-order chi connectivity index (χ1) is 19.5. The molecule has 2 aliphatic rings. The number of amides is 1. The van der Waals surface area contributed by atoms with Gasteiger partial charge >= 0.3 is 0 Å². The number of aromatic nitrogens is 3. The second kappa shape index (κ2) is 12.2. The maximum Gasteiger partial charge on any atom is 0.259 e. The van der Waals surface area contributed by atoms with Gasteiger partial charge in [0.1, 0.15) is 5.75 Å². The van der Waals surface area contributed by atoms with Crippen LogP contribution in [0.25, 0.3) is 0 Å². The van der Waals surface area contributed by atoms with Gasteiger partial charge in [0.15, 0.2) is 0 Å². The molecule has 5 rings (SSSR count). The Bertz CT molecular complexity index is 1360. The minimum Gasteiger partial charge on any atom is -0.507 e. The lowest BCUT2D eigenvalue weighted by Gasteiger charge is -2.37. The van der Waals surface area contributed by atoms with E-state index < -0.39 is 5.91 Å². The van der Waals surface area contributed by atoms with E-state index in [0.29, 0.717) is 67.3 Å². The fourth-order valence-electron chi connectivity index (χ4n) is 5.09. The zero-order valence-electron chi connectivity index (χ0n) is 22.2. The average molecular weight is 603 g/mol. The molecule has 2 saturated heterocycles. The summed E-state index contributed by atoms with van der Waals surface area (Å²) in [6.45, 7) is 2.16. The Kier molecular flexibility index (Phi) is 8.63. The van der Waals surface area contributed by atoms with Crippen LogP contribution in [0.3, 0.4) is 0 Å². The van der Waals surface area contributed by atoms with Crippen LogP contribution in [0.1, 0.15) is 23.2 Å². The van der Waals surface area contributed by atoms with Crippen LogP contribution in [0.2, 0.25) is 10.0 Å². The lowest BCUT2D eigenvalue weighted by atomic mass is 10.0. The van der Waals surface area contributed by atoms with Gasteiger partial charge in [-0.05, 0) is 43.2 Å². The summed E-state index contributed by atoms with van der Waals surface area (Å²) in [4.78, 5) is 30.6. The van der Waals surface area contributed by atoms with E-state index >= 15 is 0 Å². The largest absolute Gasteiger partial charge is 0.507 e. The number of hydrogen-bond acceptors (Lipinski definition) is 12. The van der Waals surface area contributed by atoms with Crippen molar-refractivity contribution in [3.8, 4) is 5.75 Å². The third kappa shape index (κ3) is 7.07. The van der Waals surface area contributed by atoms with Gasteiger partial charge in [-0.3, -0.25) is 4.79 Å². The number of halogens is 2. The molecule has 11 N–H and O–H groups in total. The molecule has 3 heterocycles. The van der Waals surface area contributed by atoms with Crippen molar-refractivity contribution in [2.45, 2.75) is 37.0 Å². The Morgan fingerprint density at radius 1 is 0.829 bits per heavy atom. The second-order valence-electron chi connectivity index (χ2n) is 10.5. The smallest absolute Gasteiger partial charge is 0.259 e. The monoisotopic (exact) mass is 601 g/mol. The Morgan fingerprint density at radius 3 is 1.90 bits per heavy atom. The molecule has 1 aromatic heterocycles. The van der Waals surface area contributed by atoms with Gasteiger partial charge in [-0.1, -0.05) is 23.2 Å². The number of nitrogens with two attached hydrogens (primary N) is 4. The van der Waals surface area contributed by atoms with E-state index in [-0.39, 0.29) is 46.5 Å². The standard InChI is InChI=1S/C26H33Cl2N11O2/c27-13-1-4-21(20(28)5-13)34-23(41)19-3-2-18(8-22(19)40)33-24-35-25(38-9-14(29)6-15(30)10-38)37-26(36-24)39-11-16(31)7-17(32)12-39/h1-5,8,14-17,40H,6-7,9-12,29-32H2,(H,34,41)(H,33,35,36,37)/t14-,15+,16-,17+. The number of benzene rings is 2. The molecule has 13 nitrogen and oxygen atoms in total. The molecule has 15 heteroatoms. The Balaban J connectivity index is 1.40. The van der Waals surface area contributed by atoms with Gasteiger partial charge in [0, 0.05) is 67.1 Å². The summed E-state index contributed by atoms with van der Waals surface area (Å²) in [5.74, 6) is 0.258. The third-order valence-corrected chi connectivity index (χ3v) is 7.43. The lowest BCUT2D eigenvalue weighted by Crippen LogP contribution is -2.54. The molecule has 4 atom stereocenters. The highest BCUT2D eigenvalue weighted by molar-refractivity contribution is 6.36. The topological polar surface area (TPSA) is 211 Å². The van der Waals surface area contributed by atoms with Crippen LogP contribution >= 0.6 is 23.2 Å². The molecule has 2 aromatic carbocycles. The number of aromatic hydroxyl groups is 1. The van der Waals surface area contributed by atoms with Gasteiger partial charge in [0.25, 0.3) is 5.91 Å². The summed E-state index contributed by atoms with van der Waals surface area (Å²) in [6.07, 6.45) is 1.41. The van der Waals surface area contributed by atoms with Gasteiger partial charge in [-0.25, -0.2) is 0 Å². The summed E-state index contributed by atoms with van der Waals surface area (Å²) >= 11 is 12.1. The van der Waals surface area contributed by atoms with E-state index in [1.54, 1.807) is 18.2 Å². The maximum atomic E-state index is 12.8. The van der Waals surface area contributed by atoms with Gasteiger partial charge in [0.2, 0.25) is 17.8 Å². The Labute approximate surface area is 247 Å². The number of hydrogen-bond donors (Lipinski definition) is 7. The molecule has 0 saturated carbocycles. The van der Waals surface area contributed by atoms with Crippen molar-refractivity contribution in [1.29, 1.82) is 0 Å². The van der Waals surface area contributed by atoms with Crippen LogP contribution in [0.4, 0.5) is 29.2 Å². The molecule has 0 bridgehead atoms. The molecule has 3 aromatic rings. The van der Waals surface area contributed by atoms with Crippen molar-refractivity contribution in [3.63, 3.8) is 0 Å². The van der Waals surface area contributed by atoms with Crippen LogP contribution in [0.15, 0.2) is 36.4 Å². The van der Waals surface area contributed by atoms with E-state index in [0.717, 1.165) is 0 Å². The summed E-state index contributed by atoms with van der Waals surface area (Å²) in [5.41, 5.74) is 25.8. The molecule has 2 aliphatic heterocycles. The quantitative estimate of drug-likeness (QED) is 0.215. The van der Waals surface area contributed by atoms with Crippen molar-refractivity contribution in [2.75, 3.05) is 46.6 Å². The summed E-state index contributed by atoms with van der Waals surface area (Å²) in [6, 6.07) is 8.72. The van der Waals surface area contributed by atoms with E-state index in [4.69, 9.17) is 51.1 Å². The second-order valence-corrected chi connectivity index (χ2v) is 11.4. The predicted molar refractivity (Wildman–Crippen MR) is 161 cm³/mol. The van der Waals surface area contributed by atoms with Crippen molar-refractivity contribution in [3.05, 3.63) is 52.0 Å². The first-order valence-electron chi connectivity index (χ1n) is 13.2. The first-order valence-corrected chi connectivity index (χ1v) is 13.9. The average Bonchev–Trinajstić information content (AvgIpc) is 2.89. The van der Waals surface area contributed by atoms with Crippen molar-refractivity contribution < 1.29 is 9.90 Å². The first kappa shape index (κ1) is 29.0. The van der Waals surface area contributed by atoms with Crippen LogP contribution in [0.5, 0.6) is 5.75 Å². The van der Waals surface area contributed by atoms with Crippen LogP contribution in [-0.4, -0.2) is 76.3 Å². The molecule has 2 fully saturated rings. The summed E-state index contributed by atoms with van der Waals surface area (Å²) in [7, 11) is 0. The van der Waals surface area contributed by atoms with Crippen molar-refractivity contribution in [2.24, 2.45) is 22.9 Å². The number of carbonyl (C=O) groups excluding carboxylic acids is 1. The normalized spacial score (nSPS) is 22.9. The molecule has 1 amide bonds. The lowest BCUT2D eigenvalue weighted by molar-refractivity contribution is 0.102. The number of phenols is 1. The summed E-state index contributed by atoms with van der Waals surface area (Å²) in [5, 5.41) is 17.2. The van der Waals surface area contributed by atoms with Crippen LogP contribution in [-0.2, 0) is 0 Å². The number of phenolic OH excluding ortho intramolecular Hbond substituents is 1. The highest BCUT2D eigenvalue weighted by Crippen LogP contribution is 2.29.